The van der Waals surface area contributed by atoms with E-state index in [9.17, 15) is 0 Å². The average Bonchev–Trinajstić information content (AvgIpc) is 2.18. The van der Waals surface area contributed by atoms with Crippen molar-refractivity contribution in [1.82, 2.24) is 0 Å². The molecule has 0 aliphatic rings. The van der Waals surface area contributed by atoms with Crippen LogP contribution in [-0.2, 0) is 0 Å². The maximum atomic E-state index is 6.03. The van der Waals surface area contributed by atoms with E-state index >= 15 is 0 Å². The normalized spacial score (nSPS) is 11.6. The highest BCUT2D eigenvalue weighted by molar-refractivity contribution is 9.10. The first-order chi connectivity index (χ1) is 7.82. The maximum absolute atomic E-state index is 6.03. The first-order valence-corrected chi connectivity index (χ1v) is 7.12. The molecule has 0 aromatic heterocycles. The van der Waals surface area contributed by atoms with Gasteiger partial charge in [0.05, 0.1) is 6.10 Å². The third-order valence-corrected chi connectivity index (χ3v) is 3.17. The highest BCUT2D eigenvalue weighted by Crippen LogP contribution is 2.37. The summed E-state index contributed by atoms with van der Waals surface area (Å²) in [4.78, 5) is 0. The fraction of sp³-hybridized carbons (Fsp3) is 0.600. The van der Waals surface area contributed by atoms with Gasteiger partial charge in [-0.1, -0.05) is 43.6 Å². The molecule has 1 aromatic rings. The van der Waals surface area contributed by atoms with Gasteiger partial charge in [-0.3, -0.25) is 0 Å². The lowest BCUT2D eigenvalue weighted by molar-refractivity contribution is 0.236. The fourth-order valence-corrected chi connectivity index (χ4v) is 2.36. The molecule has 0 heterocycles. The molecule has 0 aliphatic heterocycles. The molecule has 0 amide bonds. The van der Waals surface area contributed by atoms with Crippen molar-refractivity contribution in [1.29, 1.82) is 0 Å². The molecule has 0 unspecified atom stereocenters. The highest BCUT2D eigenvalue weighted by Gasteiger charge is 2.17. The second-order valence-electron chi connectivity index (χ2n) is 5.39. The predicted molar refractivity (Wildman–Crippen MR) is 78.1 cm³/mol. The fourth-order valence-electron chi connectivity index (χ4n) is 1.87. The van der Waals surface area contributed by atoms with Gasteiger partial charge in [0.1, 0.15) is 5.75 Å². The smallest absolute Gasteiger partial charge is 0.126 e. The molecule has 1 rings (SSSR count). The van der Waals surface area contributed by atoms with Gasteiger partial charge in [-0.2, -0.15) is 0 Å². The first kappa shape index (κ1) is 14.6. The van der Waals surface area contributed by atoms with Crippen molar-refractivity contribution in [2.45, 2.75) is 59.5 Å². The van der Waals surface area contributed by atoms with Crippen molar-refractivity contribution in [3.8, 4) is 5.75 Å². The van der Waals surface area contributed by atoms with Crippen LogP contribution in [0, 0.1) is 0 Å². The van der Waals surface area contributed by atoms with Gasteiger partial charge in [0, 0.05) is 4.47 Å². The number of hydrogen-bond donors (Lipinski definition) is 0. The van der Waals surface area contributed by atoms with Crippen molar-refractivity contribution in [3.05, 3.63) is 27.7 Å². The third-order valence-electron chi connectivity index (χ3n) is 2.71. The molecule has 1 nitrogen and oxygen atoms in total. The lowest BCUT2D eigenvalue weighted by atomic mass is 9.94. The standard InChI is InChI=1S/C15H23BrO/c1-9(2)13-7-12(16)8-14(10(3)4)15(13)17-11(5)6/h7-11H,1-6H3. The summed E-state index contributed by atoms with van der Waals surface area (Å²) in [7, 11) is 0. The summed E-state index contributed by atoms with van der Waals surface area (Å²) in [5.41, 5.74) is 2.58. The van der Waals surface area contributed by atoms with E-state index in [-0.39, 0.29) is 6.10 Å². The summed E-state index contributed by atoms with van der Waals surface area (Å²) >= 11 is 3.59. The van der Waals surface area contributed by atoms with Crippen LogP contribution in [0.3, 0.4) is 0 Å². The van der Waals surface area contributed by atoms with Crippen LogP contribution < -0.4 is 4.74 Å². The molecular formula is C15H23BrO. The number of hydrogen-bond acceptors (Lipinski definition) is 1. The average molecular weight is 299 g/mol. The largest absolute Gasteiger partial charge is 0.490 e. The topological polar surface area (TPSA) is 9.23 Å². The van der Waals surface area contributed by atoms with Gasteiger partial charge in [-0.25, -0.2) is 0 Å². The predicted octanol–water partition coefficient (Wildman–Crippen LogP) is 5.48. The van der Waals surface area contributed by atoms with Gasteiger partial charge in [0.2, 0.25) is 0 Å². The van der Waals surface area contributed by atoms with Crippen LogP contribution in [0.25, 0.3) is 0 Å². The van der Waals surface area contributed by atoms with E-state index < -0.39 is 0 Å². The molecule has 0 saturated carbocycles. The minimum absolute atomic E-state index is 0.214. The van der Waals surface area contributed by atoms with Crippen LogP contribution >= 0.6 is 15.9 Å². The van der Waals surface area contributed by atoms with Crippen LogP contribution in [0.5, 0.6) is 5.75 Å². The van der Waals surface area contributed by atoms with E-state index in [2.05, 4.69) is 69.6 Å². The molecule has 0 radical (unpaired) electrons. The lowest BCUT2D eigenvalue weighted by Gasteiger charge is -2.22. The molecule has 0 atom stereocenters. The van der Waals surface area contributed by atoms with Crippen LogP contribution in [0.4, 0.5) is 0 Å². The van der Waals surface area contributed by atoms with Crippen molar-refractivity contribution < 1.29 is 4.74 Å². The molecule has 2 heteroatoms. The zero-order valence-corrected chi connectivity index (χ0v) is 13.3. The zero-order valence-electron chi connectivity index (χ0n) is 11.7. The second-order valence-corrected chi connectivity index (χ2v) is 6.31. The van der Waals surface area contributed by atoms with Gasteiger partial charge in [-0.15, -0.1) is 0 Å². The Morgan fingerprint density at radius 2 is 1.29 bits per heavy atom. The zero-order chi connectivity index (χ0) is 13.2. The van der Waals surface area contributed by atoms with Gasteiger partial charge in [-0.05, 0) is 48.9 Å². The van der Waals surface area contributed by atoms with Crippen molar-refractivity contribution in [2.24, 2.45) is 0 Å². The molecule has 0 saturated heterocycles. The van der Waals surface area contributed by atoms with Crippen molar-refractivity contribution in [2.75, 3.05) is 0 Å². The van der Waals surface area contributed by atoms with Gasteiger partial charge >= 0.3 is 0 Å². The van der Waals surface area contributed by atoms with E-state index in [1.54, 1.807) is 0 Å². The van der Waals surface area contributed by atoms with E-state index in [4.69, 9.17) is 4.74 Å². The number of halogens is 1. The summed E-state index contributed by atoms with van der Waals surface area (Å²) in [6, 6.07) is 4.35. The van der Waals surface area contributed by atoms with Gasteiger partial charge in [0.15, 0.2) is 0 Å². The number of benzene rings is 1. The van der Waals surface area contributed by atoms with E-state index in [0.717, 1.165) is 10.2 Å². The molecule has 0 bridgehead atoms. The third kappa shape index (κ3) is 3.74. The summed E-state index contributed by atoms with van der Waals surface area (Å²) in [6.45, 7) is 13.0. The van der Waals surface area contributed by atoms with Crippen molar-refractivity contribution in [3.63, 3.8) is 0 Å². The lowest BCUT2D eigenvalue weighted by Crippen LogP contribution is -2.11. The molecule has 0 N–H and O–H groups in total. The summed E-state index contributed by atoms with van der Waals surface area (Å²) in [5.74, 6) is 2.02. The van der Waals surface area contributed by atoms with Crippen LogP contribution in [-0.4, -0.2) is 6.10 Å². The Morgan fingerprint density at radius 1 is 0.882 bits per heavy atom. The quantitative estimate of drug-likeness (QED) is 0.715. The first-order valence-electron chi connectivity index (χ1n) is 6.32. The second kappa shape index (κ2) is 5.90. The van der Waals surface area contributed by atoms with E-state index in [0.29, 0.717) is 11.8 Å². The van der Waals surface area contributed by atoms with Gasteiger partial charge in [0.25, 0.3) is 0 Å². The molecule has 0 fully saturated rings. The van der Waals surface area contributed by atoms with Crippen LogP contribution in [0.15, 0.2) is 16.6 Å². The number of rotatable bonds is 4. The maximum Gasteiger partial charge on any atom is 0.126 e. The summed E-state index contributed by atoms with van der Waals surface area (Å²) in [5, 5.41) is 0. The SMILES string of the molecule is CC(C)Oc1c(C(C)C)cc(Br)cc1C(C)C. The number of ether oxygens (including phenoxy) is 1. The monoisotopic (exact) mass is 298 g/mol. The Hall–Kier alpha value is -0.500. The summed E-state index contributed by atoms with van der Waals surface area (Å²) in [6.07, 6.45) is 0.214. The Labute approximate surface area is 114 Å². The van der Waals surface area contributed by atoms with E-state index in [1.807, 2.05) is 0 Å². The molecule has 96 valence electrons. The molecule has 0 spiro atoms. The van der Waals surface area contributed by atoms with E-state index in [1.165, 1.54) is 11.1 Å². The van der Waals surface area contributed by atoms with Crippen molar-refractivity contribution >= 4 is 15.9 Å². The Balaban J connectivity index is 3.36. The Kier molecular flexibility index (Phi) is 5.05. The highest BCUT2D eigenvalue weighted by atomic mass is 79.9. The minimum Gasteiger partial charge on any atom is -0.490 e. The van der Waals surface area contributed by atoms with Crippen LogP contribution in [0.1, 0.15) is 64.5 Å². The molecule has 17 heavy (non-hydrogen) atoms. The van der Waals surface area contributed by atoms with Crippen LogP contribution in [0.2, 0.25) is 0 Å². The van der Waals surface area contributed by atoms with Gasteiger partial charge < -0.3 is 4.74 Å². The molecule has 0 aliphatic carbocycles. The molecular weight excluding hydrogens is 276 g/mol. The summed E-state index contributed by atoms with van der Waals surface area (Å²) < 4.78 is 7.17. The Morgan fingerprint density at radius 3 is 1.59 bits per heavy atom. The minimum atomic E-state index is 0.214. The Bertz CT molecular complexity index is 352. The molecule has 1 aromatic carbocycles.